The molecule has 0 aliphatic carbocycles. The molecule has 21 heavy (non-hydrogen) atoms. The number of hydrogen-bond acceptors (Lipinski definition) is 5. The van der Waals surface area contributed by atoms with Gasteiger partial charge in [-0.05, 0) is 6.07 Å². The number of hydrogen-bond donors (Lipinski definition) is 1. The summed E-state index contributed by atoms with van der Waals surface area (Å²) in [5.41, 5.74) is -2.47. The Morgan fingerprint density at radius 2 is 2.10 bits per heavy atom. The summed E-state index contributed by atoms with van der Waals surface area (Å²) in [5.74, 6) is -2.03. The van der Waals surface area contributed by atoms with E-state index in [0.29, 0.717) is 16.8 Å². The van der Waals surface area contributed by atoms with Crippen LogP contribution in [0.15, 0.2) is 24.5 Å². The van der Waals surface area contributed by atoms with Crippen molar-refractivity contribution in [3.05, 3.63) is 45.9 Å². The summed E-state index contributed by atoms with van der Waals surface area (Å²) in [4.78, 5) is 24.2. The monoisotopic (exact) mass is 302 g/mol. The number of aromatic carboxylic acids is 1. The molecule has 1 N–H and O–H groups in total. The maximum Gasteiger partial charge on any atom is 0.435 e. The highest BCUT2D eigenvalue weighted by Gasteiger charge is 2.34. The van der Waals surface area contributed by atoms with Gasteiger partial charge in [-0.15, -0.1) is 0 Å². The molecule has 0 aliphatic rings. The summed E-state index contributed by atoms with van der Waals surface area (Å²) in [6.07, 6.45) is -3.10. The number of nitro groups is 1. The standard InChI is InChI=1S/C10H5F3N4O4/c11-10(12,13)7-1-2-16(15-7)8-6(9(18)19)3-5(4-14-8)17(20)21/h1-4H,(H,18,19). The Labute approximate surface area is 113 Å². The molecule has 0 saturated carbocycles. The molecule has 0 fully saturated rings. The molecule has 0 unspecified atom stereocenters. The van der Waals surface area contributed by atoms with E-state index in [9.17, 15) is 28.1 Å². The number of nitrogens with zero attached hydrogens (tertiary/aromatic N) is 4. The quantitative estimate of drug-likeness (QED) is 0.684. The van der Waals surface area contributed by atoms with Crippen molar-refractivity contribution in [1.82, 2.24) is 14.8 Å². The first-order valence-electron chi connectivity index (χ1n) is 5.21. The zero-order chi connectivity index (χ0) is 15.8. The summed E-state index contributed by atoms with van der Waals surface area (Å²) < 4.78 is 37.9. The third-order valence-electron chi connectivity index (χ3n) is 2.39. The van der Waals surface area contributed by atoms with Gasteiger partial charge < -0.3 is 5.11 Å². The van der Waals surface area contributed by atoms with Crippen LogP contribution in [0.2, 0.25) is 0 Å². The summed E-state index contributed by atoms with van der Waals surface area (Å²) in [6, 6.07) is 1.33. The number of aromatic nitrogens is 3. The molecular formula is C10H5F3N4O4. The van der Waals surface area contributed by atoms with Crippen LogP contribution in [-0.4, -0.2) is 30.8 Å². The maximum absolute atomic E-state index is 12.4. The van der Waals surface area contributed by atoms with Crippen LogP contribution in [0.25, 0.3) is 5.82 Å². The van der Waals surface area contributed by atoms with E-state index < -0.39 is 39.8 Å². The van der Waals surface area contributed by atoms with Gasteiger partial charge in [-0.25, -0.2) is 14.5 Å². The second kappa shape index (κ2) is 4.85. The van der Waals surface area contributed by atoms with Crippen LogP contribution in [-0.2, 0) is 6.18 Å². The van der Waals surface area contributed by atoms with Crippen molar-refractivity contribution in [3.8, 4) is 5.82 Å². The molecule has 11 heteroatoms. The van der Waals surface area contributed by atoms with Gasteiger partial charge in [-0.2, -0.15) is 18.3 Å². The highest BCUT2D eigenvalue weighted by atomic mass is 19.4. The van der Waals surface area contributed by atoms with Gasteiger partial charge in [0.25, 0.3) is 5.69 Å². The molecule has 110 valence electrons. The Morgan fingerprint density at radius 1 is 1.43 bits per heavy atom. The third kappa shape index (κ3) is 2.80. The lowest BCUT2D eigenvalue weighted by atomic mass is 10.2. The van der Waals surface area contributed by atoms with Crippen LogP contribution >= 0.6 is 0 Å². The maximum atomic E-state index is 12.4. The minimum atomic E-state index is -4.70. The summed E-state index contributed by atoms with van der Waals surface area (Å²) in [6.45, 7) is 0. The highest BCUT2D eigenvalue weighted by Crippen LogP contribution is 2.28. The Bertz CT molecular complexity index is 725. The fourth-order valence-corrected chi connectivity index (χ4v) is 1.48. The predicted molar refractivity (Wildman–Crippen MR) is 60.0 cm³/mol. The molecular weight excluding hydrogens is 297 g/mol. The molecule has 0 aliphatic heterocycles. The molecule has 0 saturated heterocycles. The van der Waals surface area contributed by atoms with Crippen LogP contribution in [0.5, 0.6) is 0 Å². The fraction of sp³-hybridized carbons (Fsp3) is 0.100. The number of pyridine rings is 1. The zero-order valence-electron chi connectivity index (χ0n) is 9.90. The molecule has 0 radical (unpaired) electrons. The van der Waals surface area contributed by atoms with Crippen LogP contribution in [0.3, 0.4) is 0 Å². The molecule has 2 aromatic rings. The summed E-state index contributed by atoms with van der Waals surface area (Å²) in [5, 5.41) is 22.7. The van der Waals surface area contributed by atoms with Gasteiger partial charge in [0.1, 0.15) is 11.8 Å². The van der Waals surface area contributed by atoms with E-state index in [1.807, 2.05) is 0 Å². The predicted octanol–water partition coefficient (Wildman–Crippen LogP) is 1.89. The van der Waals surface area contributed by atoms with E-state index in [-0.39, 0.29) is 0 Å². The second-order valence-electron chi connectivity index (χ2n) is 3.77. The van der Waals surface area contributed by atoms with Crippen LogP contribution in [0.1, 0.15) is 16.1 Å². The highest BCUT2D eigenvalue weighted by molar-refractivity contribution is 5.91. The van der Waals surface area contributed by atoms with Gasteiger partial charge >= 0.3 is 12.1 Å². The molecule has 2 aromatic heterocycles. The molecule has 2 heterocycles. The number of carbonyl (C=O) groups is 1. The van der Waals surface area contributed by atoms with Gasteiger partial charge in [-0.3, -0.25) is 10.1 Å². The van der Waals surface area contributed by atoms with Crippen molar-refractivity contribution in [2.45, 2.75) is 6.18 Å². The Hall–Kier alpha value is -2.98. The number of alkyl halides is 3. The molecule has 0 atom stereocenters. The average Bonchev–Trinajstić information content (AvgIpc) is 2.87. The fourth-order valence-electron chi connectivity index (χ4n) is 1.48. The van der Waals surface area contributed by atoms with Crippen LogP contribution < -0.4 is 0 Å². The van der Waals surface area contributed by atoms with E-state index in [1.54, 1.807) is 0 Å². The van der Waals surface area contributed by atoms with Crippen molar-refractivity contribution in [2.75, 3.05) is 0 Å². The van der Waals surface area contributed by atoms with Gasteiger partial charge in [0.05, 0.1) is 4.92 Å². The number of carboxylic acids is 1. The van der Waals surface area contributed by atoms with E-state index in [4.69, 9.17) is 5.11 Å². The molecule has 2 rings (SSSR count). The van der Waals surface area contributed by atoms with Crippen molar-refractivity contribution >= 4 is 11.7 Å². The van der Waals surface area contributed by atoms with E-state index in [2.05, 4.69) is 10.1 Å². The lowest BCUT2D eigenvalue weighted by molar-refractivity contribution is -0.385. The van der Waals surface area contributed by atoms with Crippen LogP contribution in [0, 0.1) is 10.1 Å². The molecule has 0 spiro atoms. The van der Waals surface area contributed by atoms with Gasteiger partial charge in [-0.1, -0.05) is 0 Å². The topological polar surface area (TPSA) is 111 Å². The smallest absolute Gasteiger partial charge is 0.435 e. The van der Waals surface area contributed by atoms with Crippen molar-refractivity contribution in [1.29, 1.82) is 0 Å². The summed E-state index contributed by atoms with van der Waals surface area (Å²) >= 11 is 0. The van der Waals surface area contributed by atoms with E-state index in [0.717, 1.165) is 12.4 Å². The Balaban J connectivity index is 2.56. The van der Waals surface area contributed by atoms with Crippen molar-refractivity contribution in [2.24, 2.45) is 0 Å². The number of rotatable bonds is 3. The third-order valence-corrected chi connectivity index (χ3v) is 2.39. The largest absolute Gasteiger partial charge is 0.478 e. The first kappa shape index (κ1) is 14.4. The van der Waals surface area contributed by atoms with Gasteiger partial charge in [0.15, 0.2) is 11.5 Å². The number of halogens is 3. The van der Waals surface area contributed by atoms with E-state index in [1.165, 1.54) is 0 Å². The normalized spacial score (nSPS) is 11.4. The number of carboxylic acid groups (broad SMARTS) is 1. The van der Waals surface area contributed by atoms with Crippen molar-refractivity contribution < 1.29 is 28.0 Å². The second-order valence-corrected chi connectivity index (χ2v) is 3.77. The van der Waals surface area contributed by atoms with Gasteiger partial charge in [0.2, 0.25) is 0 Å². The first-order chi connectivity index (χ1) is 9.70. The molecule has 0 amide bonds. The molecule has 0 aromatic carbocycles. The minimum absolute atomic E-state index is 0.455. The average molecular weight is 302 g/mol. The van der Waals surface area contributed by atoms with Crippen molar-refractivity contribution in [3.63, 3.8) is 0 Å². The first-order valence-corrected chi connectivity index (χ1v) is 5.21. The lowest BCUT2D eigenvalue weighted by Crippen LogP contribution is -2.11. The SMILES string of the molecule is O=C(O)c1cc([N+](=O)[O-])cnc1-n1ccc(C(F)(F)F)n1. The van der Waals surface area contributed by atoms with Gasteiger partial charge in [0, 0.05) is 12.3 Å². The van der Waals surface area contributed by atoms with E-state index >= 15 is 0 Å². The minimum Gasteiger partial charge on any atom is -0.478 e. The lowest BCUT2D eigenvalue weighted by Gasteiger charge is -2.05. The van der Waals surface area contributed by atoms with Crippen LogP contribution in [0.4, 0.5) is 18.9 Å². The summed E-state index contributed by atoms with van der Waals surface area (Å²) in [7, 11) is 0. The molecule has 0 bridgehead atoms. The molecule has 8 nitrogen and oxygen atoms in total. The Kier molecular flexibility index (Phi) is 3.33. The Morgan fingerprint density at radius 3 is 2.57 bits per heavy atom. The zero-order valence-corrected chi connectivity index (χ0v) is 9.90.